The van der Waals surface area contributed by atoms with Crippen LogP contribution in [0.4, 0.5) is 0 Å². The van der Waals surface area contributed by atoms with Crippen LogP contribution in [0, 0.1) is 149 Å². The molecule has 0 aliphatic heterocycles. The molecule has 0 spiro atoms. The van der Waals surface area contributed by atoms with Crippen molar-refractivity contribution in [1.82, 2.24) is 0 Å². The number of rotatable bonds is 7. The van der Waals surface area contributed by atoms with Crippen LogP contribution in [-0.2, 0) is 108 Å². The second-order valence-corrected chi connectivity index (χ2v) is 3.36. The van der Waals surface area contributed by atoms with E-state index in [0.717, 1.165) is 0 Å². The van der Waals surface area contributed by atoms with Crippen LogP contribution in [0.1, 0.15) is 16.8 Å². The number of carbonyl (C=O) groups is 2. The smallest absolute Gasteiger partial charge is 0.339 e. The van der Waals surface area contributed by atoms with Crippen molar-refractivity contribution in [1.29, 1.82) is 0 Å². The minimum absolute atomic E-state index is 0. The first-order valence-corrected chi connectivity index (χ1v) is 5.45. The van der Waals surface area contributed by atoms with Gasteiger partial charge in [-0.1, -0.05) is 13.0 Å². The van der Waals surface area contributed by atoms with Crippen molar-refractivity contribution >= 4 is 11.9 Å². The molecule has 6 nitrogen and oxygen atoms in total. The molecular formula is C13H14O6Ra3Y3-2. The zero-order valence-corrected chi connectivity index (χ0v) is 40.1. The number of benzene rings is 1. The van der Waals surface area contributed by atoms with Crippen molar-refractivity contribution in [2.45, 2.75) is 6.42 Å². The molecule has 1 aromatic carbocycles. The van der Waals surface area contributed by atoms with E-state index in [9.17, 15) is 9.59 Å². The summed E-state index contributed by atoms with van der Waals surface area (Å²) >= 11 is 0. The number of esters is 1. The molecule has 0 saturated carbocycles. The number of hydrogen-bond donors (Lipinski definition) is 1. The number of hydrogen-bond acceptors (Lipinski definition) is 5. The third kappa shape index (κ3) is 20.0. The summed E-state index contributed by atoms with van der Waals surface area (Å²) in [6.07, 6.45) is -0.0437. The Morgan fingerprint density at radius 3 is 2.04 bits per heavy atom. The minimum atomic E-state index is -1.20. The molecular weight excluding hydrogens is 1200 g/mol. The van der Waals surface area contributed by atoms with E-state index in [2.05, 4.69) is 13.8 Å². The normalized spacial score (nSPS) is 7.60. The molecule has 1 N–H and O–H groups in total. The largest absolute Gasteiger partial charge is 0.478 e. The van der Waals surface area contributed by atoms with Gasteiger partial charge < -0.3 is 33.2 Å². The van der Waals surface area contributed by atoms with Crippen LogP contribution in [0.2, 0.25) is 0 Å². The Labute approximate surface area is 333 Å². The molecule has 0 amide bonds. The molecule has 0 aromatic heterocycles. The summed E-state index contributed by atoms with van der Waals surface area (Å²) in [7, 11) is 0. The summed E-state index contributed by atoms with van der Waals surface area (Å²) in [6, 6.07) is 4.02. The summed E-state index contributed by atoms with van der Waals surface area (Å²) in [5, 5.41) is 9.05. The van der Waals surface area contributed by atoms with Crippen LogP contribution in [0.5, 0.6) is 11.5 Å². The molecule has 0 saturated heterocycles. The van der Waals surface area contributed by atoms with Crippen molar-refractivity contribution in [3.63, 3.8) is 0 Å². The predicted molar refractivity (Wildman–Crippen MR) is 65.8 cm³/mol. The van der Waals surface area contributed by atoms with E-state index < -0.39 is 11.9 Å². The Morgan fingerprint density at radius 2 is 1.60 bits per heavy atom. The van der Waals surface area contributed by atoms with Crippen molar-refractivity contribution in [2.75, 3.05) is 13.4 Å². The van der Waals surface area contributed by atoms with Gasteiger partial charge in [0.15, 0.2) is 6.79 Å². The zero-order valence-electron chi connectivity index (χ0n) is 14.1. The van der Waals surface area contributed by atoms with Gasteiger partial charge in [-0.15, -0.1) is 0 Å². The Balaban J connectivity index is -0.000000150. The molecule has 1 aromatic rings. The van der Waals surface area contributed by atoms with E-state index in [4.69, 9.17) is 19.3 Å². The second kappa shape index (κ2) is 27.7. The van der Waals surface area contributed by atoms with Crippen LogP contribution < -0.4 is 9.47 Å². The Bertz CT molecular complexity index is 480. The van der Waals surface area contributed by atoms with Gasteiger partial charge in [0.1, 0.15) is 17.1 Å². The van der Waals surface area contributed by atoms with Crippen LogP contribution in [-0.4, -0.2) is 30.4 Å². The molecule has 0 bridgehead atoms. The van der Waals surface area contributed by atoms with Gasteiger partial charge in [0.25, 0.3) is 5.97 Å². The van der Waals surface area contributed by atoms with Crippen molar-refractivity contribution in [3.05, 3.63) is 37.6 Å². The number of carboxylic acids is 1. The van der Waals surface area contributed by atoms with Crippen LogP contribution in [0.25, 0.3) is 0 Å². The van der Waals surface area contributed by atoms with E-state index in [-0.39, 0.29) is 270 Å². The van der Waals surface area contributed by atoms with E-state index in [1.165, 1.54) is 18.2 Å². The van der Waals surface area contributed by atoms with Gasteiger partial charge in [0, 0.05) is 233 Å². The van der Waals surface area contributed by atoms with Gasteiger partial charge in [-0.25, -0.2) is 4.79 Å². The van der Waals surface area contributed by atoms with E-state index >= 15 is 0 Å². The maximum Gasteiger partial charge on any atom is 0.339 e. The average molecular weight is 1210 g/mol. The fraction of sp³-hybridized carbons (Fsp3) is 0.231. The summed E-state index contributed by atoms with van der Waals surface area (Å²) in [4.78, 5) is 22.1. The molecule has 9 radical (unpaired) electrons. The molecule has 0 aliphatic carbocycles. The van der Waals surface area contributed by atoms with E-state index in [1.54, 1.807) is 0 Å². The number of ether oxygens (including phenoxy) is 3. The standard InChI is InChI=1S/C13H14O6.3Ra.3Y/c1-3-12(14)19-9-5-6-11(18-8-17-4-2)10(7-9)13(15)16;;;;;;/h5-7H,1-4,8H2,(H,15,16);;;;;;/q-2;;;;;;. The molecule has 1 rings (SSSR count). The summed E-state index contributed by atoms with van der Waals surface area (Å²) in [5.74, 6) is -1.51. The average Bonchev–Trinajstić information content (AvgIpc) is 2.40. The third-order valence-corrected chi connectivity index (χ3v) is 2.06. The monoisotopic (exact) mass is 1210 g/mol. The first kappa shape index (κ1) is 44.3. The molecule has 12 heteroatoms. The quantitative estimate of drug-likeness (QED) is 0.148. The molecule has 0 fully saturated rings. The Morgan fingerprint density at radius 1 is 1.04 bits per heavy atom. The van der Waals surface area contributed by atoms with Gasteiger partial charge in [-0.05, 0) is 18.2 Å². The van der Waals surface area contributed by atoms with Gasteiger partial charge in [-0.3, -0.25) is 4.79 Å². The molecule has 0 aliphatic rings. The SMILES string of the molecule is [CH2-]COCOc1ccc(OC(=O)C[CH2-])cc1C(=O)O.[Ra].[Ra].[Ra].[Y].[Y].[Y]. The van der Waals surface area contributed by atoms with Gasteiger partial charge >= 0.3 is 5.97 Å². The van der Waals surface area contributed by atoms with Gasteiger partial charge in [0.2, 0.25) is 0 Å². The van der Waals surface area contributed by atoms with Crippen molar-refractivity contribution in [3.8, 4) is 11.5 Å². The number of aromatic carboxylic acids is 1. The van der Waals surface area contributed by atoms with Gasteiger partial charge in [-0.2, -0.15) is 0 Å². The second-order valence-electron chi connectivity index (χ2n) is 3.36. The van der Waals surface area contributed by atoms with E-state index in [1.807, 2.05) is 0 Å². The number of carbonyl (C=O) groups excluding carboxylic acids is 1. The molecule has 25 heavy (non-hydrogen) atoms. The molecule has 119 valence electrons. The third-order valence-electron chi connectivity index (χ3n) is 2.06. The summed E-state index contributed by atoms with van der Waals surface area (Å²) in [5.41, 5.74) is -0.123. The van der Waals surface area contributed by atoms with Crippen molar-refractivity contribution in [2.24, 2.45) is 0 Å². The summed E-state index contributed by atoms with van der Waals surface area (Å²) in [6.45, 7) is 6.92. The van der Waals surface area contributed by atoms with Gasteiger partial charge in [0.05, 0.1) is 0 Å². The summed E-state index contributed by atoms with van der Waals surface area (Å²) < 4.78 is 14.9. The maximum absolute atomic E-state index is 11.1. The first-order chi connectivity index (χ1) is 9.08. The topological polar surface area (TPSA) is 82.1 Å². The minimum Gasteiger partial charge on any atom is -0.478 e. The van der Waals surface area contributed by atoms with Crippen LogP contribution in [0.3, 0.4) is 0 Å². The van der Waals surface area contributed by atoms with Crippen molar-refractivity contribution < 1.29 is 262 Å². The maximum atomic E-state index is 11.1. The molecule has 0 atom stereocenters. The Hall–Kier alpha value is 5.63. The fourth-order valence-electron chi connectivity index (χ4n) is 1.21. The fourth-order valence-corrected chi connectivity index (χ4v) is 1.21. The first-order valence-electron chi connectivity index (χ1n) is 5.45. The van der Waals surface area contributed by atoms with E-state index in [0.29, 0.717) is 0 Å². The molecule has 0 unspecified atom stereocenters. The van der Waals surface area contributed by atoms with Crippen LogP contribution >= 0.6 is 0 Å². The predicted octanol–water partition coefficient (Wildman–Crippen LogP) is 1.69. The zero-order chi connectivity index (χ0) is 14.3. The Kier molecular flexibility index (Phi) is 49.1. The van der Waals surface area contributed by atoms with Crippen LogP contribution in [0.15, 0.2) is 18.2 Å². The number of carboxylic acid groups (broad SMARTS) is 1. The molecule has 0 heterocycles.